The molecule has 2 saturated heterocycles. The van der Waals surface area contributed by atoms with Crippen LogP contribution in [0.15, 0.2) is 61.1 Å². The molecule has 3 unspecified atom stereocenters. The zero-order valence-electron chi connectivity index (χ0n) is 29.4. The van der Waals surface area contributed by atoms with Gasteiger partial charge in [0.1, 0.15) is 22.7 Å². The molecular weight excluding hydrogens is 676 g/mol. The molecule has 2 fully saturated rings. The fourth-order valence-corrected chi connectivity index (χ4v) is 8.18. The highest BCUT2D eigenvalue weighted by Gasteiger charge is 2.39. The van der Waals surface area contributed by atoms with Crippen LogP contribution in [-0.4, -0.2) is 80.5 Å². The van der Waals surface area contributed by atoms with E-state index in [9.17, 15) is 9.59 Å². The molecule has 4 aromatic rings. The van der Waals surface area contributed by atoms with Gasteiger partial charge in [0, 0.05) is 60.7 Å². The predicted molar refractivity (Wildman–Crippen MR) is 196 cm³/mol. The smallest absolute Gasteiger partial charge is 0.410 e. The maximum absolute atomic E-state index is 12.9. The minimum Gasteiger partial charge on any atom is -0.489 e. The third-order valence-electron chi connectivity index (χ3n) is 9.15. The Kier molecular flexibility index (Phi) is 11.0. The van der Waals surface area contributed by atoms with Gasteiger partial charge in [0.2, 0.25) is 0 Å². The summed E-state index contributed by atoms with van der Waals surface area (Å²) >= 11 is 8.50. The van der Waals surface area contributed by atoms with Crippen LogP contribution in [0.4, 0.5) is 4.79 Å². The fraction of sp³-hybridized carbons (Fsp3) is 0.474. The first kappa shape index (κ1) is 36.0. The third-order valence-corrected chi connectivity index (χ3v) is 11.0. The molecule has 4 atom stereocenters. The number of esters is 1. The minimum absolute atomic E-state index is 0.0479. The molecule has 4 heterocycles. The van der Waals surface area contributed by atoms with Crippen molar-refractivity contribution in [1.29, 1.82) is 0 Å². The molecule has 0 aliphatic carbocycles. The van der Waals surface area contributed by atoms with Gasteiger partial charge in [-0.05, 0) is 70.9 Å². The topological polar surface area (TPSA) is 105 Å². The quantitative estimate of drug-likeness (QED) is 0.167. The zero-order chi connectivity index (χ0) is 35.6. The number of nitrogens with zero attached hydrogens (tertiary/aromatic N) is 4. The molecule has 0 N–H and O–H groups in total. The van der Waals surface area contributed by atoms with Crippen LogP contribution in [0.2, 0.25) is 5.02 Å². The lowest BCUT2D eigenvalue weighted by molar-refractivity contribution is -0.144. The molecule has 2 aromatic carbocycles. The van der Waals surface area contributed by atoms with E-state index in [4.69, 9.17) is 35.5 Å². The first-order chi connectivity index (χ1) is 23.9. The van der Waals surface area contributed by atoms with Crippen LogP contribution < -0.4 is 4.74 Å². The van der Waals surface area contributed by atoms with Gasteiger partial charge in [-0.15, -0.1) is 11.8 Å². The number of carbonyl (C=O) groups is 2. The Balaban J connectivity index is 1.14. The van der Waals surface area contributed by atoms with Crippen LogP contribution >= 0.6 is 23.4 Å². The Morgan fingerprint density at radius 3 is 2.50 bits per heavy atom. The van der Waals surface area contributed by atoms with E-state index < -0.39 is 23.1 Å². The summed E-state index contributed by atoms with van der Waals surface area (Å²) < 4.78 is 26.0. The first-order valence-electron chi connectivity index (χ1n) is 17.1. The SMILES string of the molecule is COC(=O)C1SCC(n2cnc3cc(-c4ccc(C)nc4)ccc32)CC1O[C@H](C)c1cccc(OC2CCN(C(=O)OC(C)(C)C)CC2)c1Cl. The molecule has 0 radical (unpaired) electrons. The second-order valence-corrected chi connectivity index (χ2v) is 15.5. The number of ether oxygens (including phenoxy) is 4. The summed E-state index contributed by atoms with van der Waals surface area (Å²) in [4.78, 5) is 36.4. The summed E-state index contributed by atoms with van der Waals surface area (Å²) in [6, 6.07) is 16.1. The van der Waals surface area contributed by atoms with Crippen molar-refractivity contribution in [3.8, 4) is 16.9 Å². The molecule has 2 aliphatic heterocycles. The van der Waals surface area contributed by atoms with Crippen molar-refractivity contribution in [2.24, 2.45) is 0 Å². The number of likely N-dealkylation sites (tertiary alicyclic amines) is 1. The molecule has 10 nitrogen and oxygen atoms in total. The highest BCUT2D eigenvalue weighted by molar-refractivity contribution is 8.00. The Bertz CT molecular complexity index is 1820. The number of carbonyl (C=O) groups excluding carboxylic acids is 2. The number of rotatable bonds is 8. The maximum Gasteiger partial charge on any atom is 0.410 e. The average Bonchev–Trinajstić information content (AvgIpc) is 3.52. The Morgan fingerprint density at radius 2 is 1.80 bits per heavy atom. The number of hydrogen-bond acceptors (Lipinski definition) is 9. The van der Waals surface area contributed by atoms with Crippen molar-refractivity contribution < 1.29 is 28.5 Å². The molecule has 1 amide bonds. The second kappa shape index (κ2) is 15.2. The number of fused-ring (bicyclic) bond motifs is 1. The second-order valence-electron chi connectivity index (χ2n) is 14.0. The molecular formula is C38H45ClN4O6S. The van der Waals surface area contributed by atoms with Crippen molar-refractivity contribution >= 4 is 46.5 Å². The number of aryl methyl sites for hydroxylation is 1. The number of piperidine rings is 1. The lowest BCUT2D eigenvalue weighted by Crippen LogP contribution is -2.44. The van der Waals surface area contributed by atoms with E-state index in [1.54, 1.807) is 16.7 Å². The molecule has 12 heteroatoms. The molecule has 2 aliphatic rings. The van der Waals surface area contributed by atoms with Gasteiger partial charge in [0.15, 0.2) is 0 Å². The number of thioether (sulfide) groups is 1. The van der Waals surface area contributed by atoms with E-state index in [2.05, 4.69) is 33.8 Å². The number of pyridine rings is 1. The van der Waals surface area contributed by atoms with Crippen LogP contribution in [0, 0.1) is 6.92 Å². The molecule has 266 valence electrons. The normalized spacial score (nSPS) is 20.8. The van der Waals surface area contributed by atoms with Crippen LogP contribution in [0.5, 0.6) is 5.75 Å². The van der Waals surface area contributed by atoms with Gasteiger partial charge in [-0.25, -0.2) is 9.78 Å². The number of imidazole rings is 1. The van der Waals surface area contributed by atoms with E-state index in [-0.39, 0.29) is 24.2 Å². The highest BCUT2D eigenvalue weighted by atomic mass is 35.5. The van der Waals surface area contributed by atoms with Crippen molar-refractivity contribution in [2.45, 2.75) is 89.1 Å². The van der Waals surface area contributed by atoms with Crippen molar-refractivity contribution in [2.75, 3.05) is 26.0 Å². The van der Waals surface area contributed by atoms with Crippen LogP contribution in [0.3, 0.4) is 0 Å². The average molecular weight is 721 g/mol. The van der Waals surface area contributed by atoms with Crippen molar-refractivity contribution in [3.05, 3.63) is 77.3 Å². The highest BCUT2D eigenvalue weighted by Crippen LogP contribution is 2.41. The molecule has 6 rings (SSSR count). The van der Waals surface area contributed by atoms with Gasteiger partial charge in [-0.1, -0.05) is 35.9 Å². The van der Waals surface area contributed by atoms with Gasteiger partial charge in [0.25, 0.3) is 0 Å². The lowest BCUT2D eigenvalue weighted by atomic mass is 10.0. The lowest BCUT2D eigenvalue weighted by Gasteiger charge is -2.36. The van der Waals surface area contributed by atoms with Crippen molar-refractivity contribution in [1.82, 2.24) is 19.4 Å². The Hall–Kier alpha value is -3.80. The standard InChI is InChI=1S/C38H45ClN4O6S/c1-23-10-11-26(20-40-23)25-12-13-31-30(18-25)41-22-43(31)27-19-33(35(50-21-27)36(44)46-6)47-24(2)29-8-7-9-32(34(29)39)48-28-14-16-42(17-15-28)37(45)49-38(3,4)5/h7-13,18,20,22,24,27-28,33,35H,14-17,19,21H2,1-6H3/t24-,27?,33?,35?/m1/s1. The first-order valence-corrected chi connectivity index (χ1v) is 18.5. The number of halogens is 1. The van der Waals surface area contributed by atoms with Crippen LogP contribution in [-0.2, 0) is 19.0 Å². The van der Waals surface area contributed by atoms with Gasteiger partial charge in [0.05, 0.1) is 41.7 Å². The van der Waals surface area contributed by atoms with Crippen molar-refractivity contribution in [3.63, 3.8) is 0 Å². The van der Waals surface area contributed by atoms with E-state index in [0.717, 1.165) is 33.4 Å². The number of amides is 1. The minimum atomic E-state index is -0.538. The summed E-state index contributed by atoms with van der Waals surface area (Å²) in [5.41, 5.74) is 5.23. The van der Waals surface area contributed by atoms with E-state index in [1.807, 2.05) is 71.4 Å². The predicted octanol–water partition coefficient (Wildman–Crippen LogP) is 8.20. The zero-order valence-corrected chi connectivity index (χ0v) is 31.0. The van der Waals surface area contributed by atoms with Gasteiger partial charge < -0.3 is 28.4 Å². The number of benzene rings is 2. The monoisotopic (exact) mass is 720 g/mol. The van der Waals surface area contributed by atoms with Gasteiger partial charge in [-0.3, -0.25) is 9.78 Å². The number of aromatic nitrogens is 3. The molecule has 0 spiro atoms. The van der Waals surface area contributed by atoms with Gasteiger partial charge >= 0.3 is 12.1 Å². The Morgan fingerprint density at radius 1 is 1.04 bits per heavy atom. The molecule has 50 heavy (non-hydrogen) atoms. The molecule has 0 bridgehead atoms. The van der Waals surface area contributed by atoms with E-state index in [0.29, 0.717) is 48.9 Å². The largest absolute Gasteiger partial charge is 0.489 e. The maximum atomic E-state index is 12.9. The van der Waals surface area contributed by atoms with Crippen LogP contribution in [0.25, 0.3) is 22.2 Å². The van der Waals surface area contributed by atoms with E-state index in [1.165, 1.54) is 7.11 Å². The van der Waals surface area contributed by atoms with E-state index >= 15 is 0 Å². The third kappa shape index (κ3) is 8.22. The summed E-state index contributed by atoms with van der Waals surface area (Å²) in [6.07, 6.45) is 4.43. The van der Waals surface area contributed by atoms with Crippen LogP contribution in [0.1, 0.15) is 70.4 Å². The summed E-state index contributed by atoms with van der Waals surface area (Å²) in [6.45, 7) is 10.6. The molecule has 0 saturated carbocycles. The molecule has 2 aromatic heterocycles. The number of methoxy groups -OCH3 is 1. The van der Waals surface area contributed by atoms with Gasteiger partial charge in [-0.2, -0.15) is 0 Å². The number of hydrogen-bond donors (Lipinski definition) is 0. The fourth-order valence-electron chi connectivity index (χ4n) is 6.51. The summed E-state index contributed by atoms with van der Waals surface area (Å²) in [7, 11) is 1.41. The summed E-state index contributed by atoms with van der Waals surface area (Å²) in [5.74, 6) is 0.972. The Labute approximate surface area is 302 Å². The summed E-state index contributed by atoms with van der Waals surface area (Å²) in [5, 5.41) is -0.00752.